The van der Waals surface area contributed by atoms with Crippen molar-refractivity contribution in [3.8, 4) is 0 Å². The quantitative estimate of drug-likeness (QED) is 0.642. The van der Waals surface area contributed by atoms with Gasteiger partial charge in [-0.15, -0.1) is 0 Å². The van der Waals surface area contributed by atoms with Crippen LogP contribution in [0, 0.1) is 5.92 Å². The summed E-state index contributed by atoms with van der Waals surface area (Å²) in [6, 6.07) is 10.5. The summed E-state index contributed by atoms with van der Waals surface area (Å²) in [5, 5.41) is 10.3. The Labute approximate surface area is 164 Å². The Morgan fingerprint density at radius 1 is 1.22 bits per heavy atom. The van der Waals surface area contributed by atoms with Gasteiger partial charge in [-0.2, -0.15) is 0 Å². The molecule has 2 atom stereocenters. The standard InChI is InChI=1S/C22H37N3O2/c1-5-9-19(18-12-14-23-15-13-18)24-16-20(17-10-7-6-8-11-17)25-21(26)27-22(2,3)4/h6-8,10-11,18-20,23-24H,5,9,12-16H2,1-4H3,(H,25,26). The monoisotopic (exact) mass is 375 g/mol. The van der Waals surface area contributed by atoms with E-state index < -0.39 is 5.60 Å². The van der Waals surface area contributed by atoms with Crippen LogP contribution in [0.2, 0.25) is 0 Å². The van der Waals surface area contributed by atoms with Crippen LogP contribution in [-0.2, 0) is 4.74 Å². The summed E-state index contributed by atoms with van der Waals surface area (Å²) >= 11 is 0. The largest absolute Gasteiger partial charge is 0.444 e. The molecule has 5 nitrogen and oxygen atoms in total. The predicted molar refractivity (Wildman–Crippen MR) is 111 cm³/mol. The Hall–Kier alpha value is -1.59. The van der Waals surface area contributed by atoms with E-state index in [-0.39, 0.29) is 12.1 Å². The molecule has 1 aromatic rings. The van der Waals surface area contributed by atoms with E-state index >= 15 is 0 Å². The van der Waals surface area contributed by atoms with E-state index in [1.165, 1.54) is 19.3 Å². The first-order chi connectivity index (χ1) is 12.9. The lowest BCUT2D eigenvalue weighted by Gasteiger charge is -2.33. The molecule has 2 rings (SSSR count). The molecule has 0 spiro atoms. The van der Waals surface area contributed by atoms with Crippen molar-refractivity contribution in [1.82, 2.24) is 16.0 Å². The van der Waals surface area contributed by atoms with Crippen LogP contribution in [0.1, 0.15) is 65.0 Å². The number of hydrogen-bond donors (Lipinski definition) is 3. The minimum Gasteiger partial charge on any atom is -0.444 e. The van der Waals surface area contributed by atoms with E-state index in [4.69, 9.17) is 4.74 Å². The maximum Gasteiger partial charge on any atom is 0.408 e. The molecule has 152 valence electrons. The van der Waals surface area contributed by atoms with Gasteiger partial charge >= 0.3 is 6.09 Å². The second kappa shape index (κ2) is 10.7. The van der Waals surface area contributed by atoms with Gasteiger partial charge in [0.25, 0.3) is 0 Å². The fourth-order valence-corrected chi connectivity index (χ4v) is 3.72. The van der Waals surface area contributed by atoms with Gasteiger partial charge in [0.2, 0.25) is 0 Å². The van der Waals surface area contributed by atoms with Crippen LogP contribution in [0.15, 0.2) is 30.3 Å². The number of amides is 1. The number of ether oxygens (including phenoxy) is 1. The highest BCUT2D eigenvalue weighted by atomic mass is 16.6. The van der Waals surface area contributed by atoms with Crippen molar-refractivity contribution in [2.45, 2.75) is 71.1 Å². The van der Waals surface area contributed by atoms with Gasteiger partial charge in [-0.25, -0.2) is 4.79 Å². The van der Waals surface area contributed by atoms with Gasteiger partial charge in [-0.1, -0.05) is 43.7 Å². The number of benzene rings is 1. The molecule has 0 aliphatic carbocycles. The molecule has 0 radical (unpaired) electrons. The maximum atomic E-state index is 12.3. The first-order valence-corrected chi connectivity index (χ1v) is 10.4. The molecule has 0 aromatic heterocycles. The molecule has 3 N–H and O–H groups in total. The van der Waals surface area contributed by atoms with Crippen molar-refractivity contribution in [1.29, 1.82) is 0 Å². The summed E-state index contributed by atoms with van der Waals surface area (Å²) in [5.74, 6) is 0.698. The molecule has 0 saturated carbocycles. The third-order valence-corrected chi connectivity index (χ3v) is 5.03. The van der Waals surface area contributed by atoms with Gasteiger partial charge in [0.05, 0.1) is 6.04 Å². The van der Waals surface area contributed by atoms with E-state index in [1.807, 2.05) is 39.0 Å². The number of alkyl carbamates (subject to hydrolysis) is 1. The summed E-state index contributed by atoms with van der Waals surface area (Å²) in [6.07, 6.45) is 4.39. The molecule has 1 aliphatic heterocycles. The molecule has 1 aliphatic rings. The van der Waals surface area contributed by atoms with Gasteiger partial charge in [-0.05, 0) is 64.6 Å². The maximum absolute atomic E-state index is 12.3. The minimum absolute atomic E-state index is 0.109. The summed E-state index contributed by atoms with van der Waals surface area (Å²) in [7, 11) is 0. The van der Waals surface area contributed by atoms with Gasteiger partial charge in [0.15, 0.2) is 0 Å². The van der Waals surface area contributed by atoms with E-state index in [9.17, 15) is 4.79 Å². The second-order valence-corrected chi connectivity index (χ2v) is 8.50. The zero-order valence-electron chi connectivity index (χ0n) is 17.4. The zero-order valence-corrected chi connectivity index (χ0v) is 17.4. The van der Waals surface area contributed by atoms with Crippen LogP contribution in [-0.4, -0.2) is 37.4 Å². The van der Waals surface area contributed by atoms with E-state index in [2.05, 4.69) is 35.0 Å². The number of rotatable bonds is 8. The number of nitrogens with one attached hydrogen (secondary N) is 3. The Morgan fingerprint density at radius 2 is 1.89 bits per heavy atom. The average molecular weight is 376 g/mol. The lowest BCUT2D eigenvalue weighted by atomic mass is 9.87. The van der Waals surface area contributed by atoms with Crippen molar-refractivity contribution in [2.75, 3.05) is 19.6 Å². The Morgan fingerprint density at radius 3 is 2.48 bits per heavy atom. The van der Waals surface area contributed by atoms with Crippen molar-refractivity contribution >= 4 is 6.09 Å². The topological polar surface area (TPSA) is 62.4 Å². The predicted octanol–water partition coefficient (Wildman–Crippen LogP) is 4.01. The highest BCUT2D eigenvalue weighted by Crippen LogP contribution is 2.21. The van der Waals surface area contributed by atoms with Gasteiger partial charge in [0, 0.05) is 12.6 Å². The first-order valence-electron chi connectivity index (χ1n) is 10.4. The number of piperidine rings is 1. The number of hydrogen-bond acceptors (Lipinski definition) is 4. The molecule has 5 heteroatoms. The molecular formula is C22H37N3O2. The Balaban J connectivity index is 2.02. The summed E-state index contributed by atoms with van der Waals surface area (Å²) in [4.78, 5) is 12.3. The number of carbonyl (C=O) groups is 1. The van der Waals surface area contributed by atoms with Gasteiger partial charge in [0.1, 0.15) is 5.60 Å². The van der Waals surface area contributed by atoms with Crippen LogP contribution < -0.4 is 16.0 Å². The SMILES string of the molecule is CCCC(NCC(NC(=O)OC(C)(C)C)c1ccccc1)C1CCNCC1. The summed E-state index contributed by atoms with van der Waals surface area (Å²) in [6.45, 7) is 10.8. The smallest absolute Gasteiger partial charge is 0.408 e. The molecule has 1 amide bonds. The fourth-order valence-electron chi connectivity index (χ4n) is 3.72. The molecule has 2 unspecified atom stereocenters. The normalized spacial score (nSPS) is 17.9. The van der Waals surface area contributed by atoms with Crippen LogP contribution in [0.3, 0.4) is 0 Å². The fraction of sp³-hybridized carbons (Fsp3) is 0.682. The van der Waals surface area contributed by atoms with E-state index in [0.29, 0.717) is 18.5 Å². The first kappa shape index (κ1) is 21.7. The summed E-state index contributed by atoms with van der Waals surface area (Å²) in [5.41, 5.74) is 0.593. The van der Waals surface area contributed by atoms with Crippen molar-refractivity contribution < 1.29 is 9.53 Å². The van der Waals surface area contributed by atoms with E-state index in [1.54, 1.807) is 0 Å². The molecule has 1 aromatic carbocycles. The molecule has 1 saturated heterocycles. The zero-order chi connectivity index (χ0) is 19.7. The van der Waals surface area contributed by atoms with Gasteiger partial charge in [-0.3, -0.25) is 0 Å². The minimum atomic E-state index is -0.501. The molecular weight excluding hydrogens is 338 g/mol. The van der Waals surface area contributed by atoms with Crippen molar-refractivity contribution in [3.05, 3.63) is 35.9 Å². The Bertz CT molecular complexity index is 550. The van der Waals surface area contributed by atoms with Crippen molar-refractivity contribution in [3.63, 3.8) is 0 Å². The molecule has 1 fully saturated rings. The van der Waals surface area contributed by atoms with Crippen LogP contribution in [0.5, 0.6) is 0 Å². The van der Waals surface area contributed by atoms with Crippen LogP contribution in [0.25, 0.3) is 0 Å². The average Bonchev–Trinajstić information content (AvgIpc) is 2.64. The summed E-state index contributed by atoms with van der Waals surface area (Å²) < 4.78 is 5.47. The lowest BCUT2D eigenvalue weighted by Crippen LogP contribution is -2.46. The highest BCUT2D eigenvalue weighted by molar-refractivity contribution is 5.68. The molecule has 0 bridgehead atoms. The second-order valence-electron chi connectivity index (χ2n) is 8.50. The molecule has 27 heavy (non-hydrogen) atoms. The van der Waals surface area contributed by atoms with Gasteiger partial charge < -0.3 is 20.7 Å². The third-order valence-electron chi connectivity index (χ3n) is 5.03. The van der Waals surface area contributed by atoms with Crippen LogP contribution in [0.4, 0.5) is 4.79 Å². The van der Waals surface area contributed by atoms with Crippen LogP contribution >= 0.6 is 0 Å². The third kappa shape index (κ3) is 7.89. The number of carbonyl (C=O) groups excluding carboxylic acids is 1. The Kier molecular flexibility index (Phi) is 8.58. The highest BCUT2D eigenvalue weighted by Gasteiger charge is 2.25. The lowest BCUT2D eigenvalue weighted by molar-refractivity contribution is 0.0501. The van der Waals surface area contributed by atoms with E-state index in [0.717, 1.165) is 25.1 Å². The molecule has 1 heterocycles. The van der Waals surface area contributed by atoms with Crippen molar-refractivity contribution in [2.24, 2.45) is 5.92 Å².